The van der Waals surface area contributed by atoms with Gasteiger partial charge in [-0.2, -0.15) is 0 Å². The molecule has 0 aromatic heterocycles. The van der Waals surface area contributed by atoms with Gasteiger partial charge < -0.3 is 138 Å². The van der Waals surface area contributed by atoms with E-state index in [2.05, 4.69) is 47.9 Å². The molecule has 0 spiro atoms. The molecular weight excluding hydrogens is 1400 g/mol. The average molecular weight is 1490 g/mol. The van der Waals surface area contributed by atoms with Crippen LogP contribution in [-0.4, -0.2) is 318 Å². The maximum absolute atomic E-state index is 15.5. The van der Waals surface area contributed by atoms with E-state index >= 15 is 19.2 Å². The predicted molar refractivity (Wildman–Crippen MR) is 361 cm³/mol. The number of aliphatic hydroxyl groups is 13. The van der Waals surface area contributed by atoms with Crippen LogP contribution in [0.4, 0.5) is 0 Å². The number of amides is 6. The topological polar surface area (TPSA) is 601 Å². The fourth-order valence-electron chi connectivity index (χ4n) is 13.5. The summed E-state index contributed by atoms with van der Waals surface area (Å²) in [7, 11) is 0. The summed E-state index contributed by atoms with van der Waals surface area (Å²) in [6.07, 6.45) is -34.3. The van der Waals surface area contributed by atoms with Gasteiger partial charge in [-0.05, 0) is 34.4 Å². The summed E-state index contributed by atoms with van der Waals surface area (Å²) >= 11 is 0. The fraction of sp³-hybridized carbons (Fsp3) is 0.544. The van der Waals surface area contributed by atoms with Gasteiger partial charge >= 0.3 is 5.97 Å². The van der Waals surface area contributed by atoms with Crippen LogP contribution < -0.4 is 64.1 Å². The van der Waals surface area contributed by atoms with Gasteiger partial charge in [0.25, 0.3) is 0 Å². The Hall–Kier alpha value is -7.95. The van der Waals surface area contributed by atoms with Crippen molar-refractivity contribution < 1.29 is 128 Å². The van der Waals surface area contributed by atoms with Crippen LogP contribution in [0.1, 0.15) is 41.0 Å². The molecule has 0 bridgehead atoms. The fourth-order valence-corrected chi connectivity index (χ4v) is 13.5. The van der Waals surface area contributed by atoms with Gasteiger partial charge in [-0.1, -0.05) is 110 Å². The number of hydrogen-bond acceptors (Lipinski definition) is 32. The van der Waals surface area contributed by atoms with Gasteiger partial charge in [0.05, 0.1) is 44.6 Å². The average Bonchev–Trinajstić information content (AvgIpc) is 1.45. The molecule has 6 aliphatic heterocycles. The molecule has 6 amide bonds. The number of hydrogen-bond donors (Lipinski definition) is 24. The lowest BCUT2D eigenvalue weighted by Gasteiger charge is -2.47. The Morgan fingerprint density at radius 2 is 1.08 bits per heavy atom. The molecule has 2 unspecified atom stereocenters. The lowest BCUT2D eigenvalue weighted by molar-refractivity contribution is -0.352. The van der Waals surface area contributed by atoms with Crippen LogP contribution >= 0.6 is 0 Å². The Bertz CT molecular complexity index is 3550. The first kappa shape index (κ1) is 80.6. The number of esters is 1. The van der Waals surface area contributed by atoms with Crippen molar-refractivity contribution in [3.63, 3.8) is 0 Å². The maximum Gasteiger partial charge on any atom is 0.318 e. The molecule has 6 fully saturated rings. The highest BCUT2D eigenvalue weighted by Crippen LogP contribution is 2.33. The van der Waals surface area contributed by atoms with Crippen molar-refractivity contribution in [3.05, 3.63) is 138 Å². The number of aliphatic hydroxyl groups excluding tert-OH is 13. The van der Waals surface area contributed by atoms with E-state index in [4.69, 9.17) is 39.9 Å². The molecule has 0 saturated carbocycles. The van der Waals surface area contributed by atoms with Crippen molar-refractivity contribution >= 4 is 41.4 Å². The van der Waals surface area contributed by atoms with E-state index in [1.165, 1.54) is 24.3 Å². The van der Waals surface area contributed by atoms with Crippen molar-refractivity contribution in [2.75, 3.05) is 46.1 Å². The molecule has 6 saturated heterocycles. The van der Waals surface area contributed by atoms with Gasteiger partial charge in [0.15, 0.2) is 6.29 Å². The molecule has 0 radical (unpaired) electrons. The van der Waals surface area contributed by atoms with Crippen molar-refractivity contribution in [1.82, 2.24) is 52.8 Å². The highest BCUT2D eigenvalue weighted by molar-refractivity contribution is 5.98. The molecule has 26 N–H and O–H groups in total. The summed E-state index contributed by atoms with van der Waals surface area (Å²) in [5, 5.41) is 166. The first-order chi connectivity index (χ1) is 50.7. The van der Waals surface area contributed by atoms with E-state index in [9.17, 15) is 80.8 Å². The van der Waals surface area contributed by atoms with Gasteiger partial charge in [0.2, 0.25) is 41.7 Å². The largest absolute Gasteiger partial charge is 0.462 e. The van der Waals surface area contributed by atoms with E-state index in [1.807, 2.05) is 0 Å². The van der Waals surface area contributed by atoms with Crippen LogP contribution in [0, 0.1) is 0 Å². The summed E-state index contributed by atoms with van der Waals surface area (Å²) < 4.78 is 34.4. The lowest BCUT2D eigenvalue weighted by atomic mass is 9.91. The molecule has 106 heavy (non-hydrogen) atoms. The van der Waals surface area contributed by atoms with Crippen molar-refractivity contribution in [3.8, 4) is 5.75 Å². The molecule has 10 rings (SSSR count). The Morgan fingerprint density at radius 3 is 1.67 bits per heavy atom. The zero-order chi connectivity index (χ0) is 76.4. The van der Waals surface area contributed by atoms with E-state index in [0.29, 0.717) is 16.7 Å². The normalized spacial score (nSPS) is 35.6. The van der Waals surface area contributed by atoms with Crippen molar-refractivity contribution in [2.45, 2.75) is 184 Å². The third kappa shape index (κ3) is 18.6. The van der Waals surface area contributed by atoms with Crippen molar-refractivity contribution in [2.24, 2.45) is 11.5 Å². The Labute approximate surface area is 605 Å². The Kier molecular flexibility index (Phi) is 27.6. The first-order valence-electron chi connectivity index (χ1n) is 34.3. The number of rotatable bonds is 21. The highest BCUT2D eigenvalue weighted by Gasteiger charge is 2.55. The van der Waals surface area contributed by atoms with Gasteiger partial charge in [-0.25, -0.2) is 4.90 Å². The molecule has 6 heterocycles. The van der Waals surface area contributed by atoms with Crippen LogP contribution in [-0.2, 0) is 63.7 Å². The van der Waals surface area contributed by atoms with Crippen molar-refractivity contribution in [1.29, 1.82) is 0 Å². The molecule has 0 aliphatic carbocycles. The second-order valence-electron chi connectivity index (χ2n) is 26.6. The standard InChI is InChI=1S/C68H92N12O26/c1-29(31-11-5-2-6-12-31)44-60(97)74-35(21-30-17-19-34(20-18-30)102-65-56(94)53(91)57(41(27-83)105-65)106-66-55(93)52(90)50(88)40(26-82)104-66)59(96)78-45(47(85)36-22-72-67(69)76-36)62(99)79-46(48(86)38-23-73-68(70)80(38)63-54(92)51(89)49(87)39(25-81)103-63)61(98)75-37(58(95)71-24-42(84)77-44)28-101-64(100)43(32-13-7-3-8-14-32)33-15-9-4-10-16-33/h2-20,29,35-41,43-57,63,65-68,72-73,76,81-83,85-94H,21-28,69-70H2,1H3,(H,71,95)(H,74,97)(H,75,98)(H,77,84)(H,78,96)(H,79,99)/t29-,35+,36-,37-,38-,39+,40+,41+,44-,45-,46+,47-,48-,49+,50+,51-,52-,53+,54-,55-,56-,57+,63-,65-,66+,67?,68?/m0/s1. The summed E-state index contributed by atoms with van der Waals surface area (Å²) in [6.45, 7) is -3.61. The molecule has 580 valence electrons. The van der Waals surface area contributed by atoms with E-state index < -0.39 is 258 Å². The monoisotopic (exact) mass is 1490 g/mol. The molecule has 38 nitrogen and oxygen atoms in total. The van der Waals surface area contributed by atoms with Gasteiger partial charge in [-0.3, -0.25) is 49.5 Å². The third-order valence-electron chi connectivity index (χ3n) is 19.6. The molecule has 4 aromatic carbocycles. The van der Waals surface area contributed by atoms with E-state index in [0.717, 1.165) is 4.90 Å². The quantitative estimate of drug-likeness (QED) is 0.0345. The minimum Gasteiger partial charge on any atom is -0.462 e. The molecule has 6 aliphatic rings. The first-order valence-corrected chi connectivity index (χ1v) is 34.3. The number of nitrogens with zero attached hydrogens (tertiary/aromatic N) is 1. The number of carbonyl (C=O) groups excluding carboxylic acids is 7. The van der Waals surface area contributed by atoms with Gasteiger partial charge in [0, 0.05) is 25.4 Å². The molecule has 4 aromatic rings. The number of benzene rings is 4. The molecular formula is C68H92N12O26. The van der Waals surface area contributed by atoms with Gasteiger partial charge in [-0.15, -0.1) is 0 Å². The summed E-state index contributed by atoms with van der Waals surface area (Å²) in [5.41, 5.74) is 14.2. The highest BCUT2D eigenvalue weighted by atomic mass is 16.7. The van der Waals surface area contributed by atoms with Crippen LogP contribution in [0.5, 0.6) is 5.75 Å². The van der Waals surface area contributed by atoms with E-state index in [-0.39, 0.29) is 17.9 Å². The number of carbonyl (C=O) groups is 7. The number of ether oxygens (including phenoxy) is 6. The SMILES string of the molecule is C[C@@H](c1ccccc1)[C@@H]1NC(=O)CNC(=O)[C@H](COC(=O)C(c2ccccc2)c2ccccc2)NC(=O)[C@@H]([C@@H](O)[C@@H]2CNC(N)N2[C@H]2O[C@H](CO)[C@@H](O)[C@H](O)[C@@H]2O)NC(=O)[C@H]([C@@H](O)[C@@H]2CNC(N)N2)NC(=O)[C@@H](Cc2ccc(O[C@H]3O[C@H](CO)[C@@H](O[C@H]4O[C@H](CO)[C@@H](O)[C@H](O)[C@@H]4O)[C@H](O)[C@@H]3O)cc2)NC1=O. The van der Waals surface area contributed by atoms with Crippen LogP contribution in [0.2, 0.25) is 0 Å². The Balaban J connectivity index is 0.989. The summed E-state index contributed by atoms with van der Waals surface area (Å²) in [5.74, 6) is -10.5. The third-order valence-corrected chi connectivity index (χ3v) is 19.6. The summed E-state index contributed by atoms with van der Waals surface area (Å²) in [4.78, 5) is 106. The smallest absolute Gasteiger partial charge is 0.318 e. The minimum atomic E-state index is -2.39. The zero-order valence-corrected chi connectivity index (χ0v) is 57.0. The number of nitrogens with one attached hydrogen (secondary N) is 9. The lowest BCUT2D eigenvalue weighted by Crippen LogP contribution is -2.70. The molecule has 38 heteroatoms. The van der Waals surface area contributed by atoms with Crippen LogP contribution in [0.15, 0.2) is 115 Å². The second kappa shape index (κ2) is 36.3. The Morgan fingerprint density at radius 1 is 0.547 bits per heavy atom. The minimum absolute atomic E-state index is 0.0787. The summed E-state index contributed by atoms with van der Waals surface area (Å²) in [6, 6.07) is 17.5. The zero-order valence-electron chi connectivity index (χ0n) is 57.0. The van der Waals surface area contributed by atoms with Crippen LogP contribution in [0.3, 0.4) is 0 Å². The van der Waals surface area contributed by atoms with Gasteiger partial charge in [0.1, 0.15) is 147 Å². The van der Waals surface area contributed by atoms with E-state index in [1.54, 1.807) is 97.9 Å². The predicted octanol–water partition coefficient (Wildman–Crippen LogP) is -11.2. The van der Waals surface area contributed by atoms with Crippen LogP contribution in [0.25, 0.3) is 0 Å². The second-order valence-corrected chi connectivity index (χ2v) is 26.6. The maximum atomic E-state index is 15.5. The molecule has 27 atom stereocenters. The number of nitrogens with two attached hydrogens (primary N) is 2.